The van der Waals surface area contributed by atoms with Crippen LogP contribution in [0.2, 0.25) is 0 Å². The molecule has 134 valence electrons. The van der Waals surface area contributed by atoms with Crippen molar-refractivity contribution in [2.45, 2.75) is 25.7 Å². The van der Waals surface area contributed by atoms with Gasteiger partial charge in [-0.2, -0.15) is 0 Å². The number of aryl methyl sites for hydroxylation is 2. The molecular formula is C18H23N3O2S2. The van der Waals surface area contributed by atoms with E-state index in [1.807, 2.05) is 32.0 Å². The lowest BCUT2D eigenvalue weighted by Crippen LogP contribution is -2.24. The van der Waals surface area contributed by atoms with E-state index in [-0.39, 0.29) is 4.90 Å². The number of hydrogen-bond donors (Lipinski definition) is 2. The predicted octanol–water partition coefficient (Wildman–Crippen LogP) is 3.67. The predicted molar refractivity (Wildman–Crippen MR) is 108 cm³/mol. The van der Waals surface area contributed by atoms with Crippen LogP contribution in [0.1, 0.15) is 16.7 Å². The highest BCUT2D eigenvalue weighted by molar-refractivity contribution is 7.89. The van der Waals surface area contributed by atoms with Crippen LogP contribution < -0.4 is 10.6 Å². The number of thiocarbonyl (C=S) groups is 1. The van der Waals surface area contributed by atoms with Gasteiger partial charge in [0.2, 0.25) is 10.0 Å². The van der Waals surface area contributed by atoms with Crippen molar-refractivity contribution >= 4 is 38.7 Å². The molecule has 2 aromatic rings. The molecule has 0 aromatic heterocycles. The molecule has 5 nitrogen and oxygen atoms in total. The van der Waals surface area contributed by atoms with Crippen molar-refractivity contribution in [3.63, 3.8) is 0 Å². The zero-order valence-electron chi connectivity index (χ0n) is 15.0. The van der Waals surface area contributed by atoms with Crippen molar-refractivity contribution in [3.8, 4) is 0 Å². The quantitative estimate of drug-likeness (QED) is 0.796. The van der Waals surface area contributed by atoms with E-state index in [4.69, 9.17) is 12.2 Å². The highest BCUT2D eigenvalue weighted by Crippen LogP contribution is 2.23. The summed E-state index contributed by atoms with van der Waals surface area (Å²) in [6.07, 6.45) is 0. The molecule has 0 aliphatic rings. The molecule has 0 saturated heterocycles. The highest BCUT2D eigenvalue weighted by Gasteiger charge is 2.20. The molecule has 0 fully saturated rings. The molecule has 0 radical (unpaired) electrons. The van der Waals surface area contributed by atoms with Crippen LogP contribution in [-0.2, 0) is 10.0 Å². The smallest absolute Gasteiger partial charge is 0.242 e. The molecule has 2 aromatic carbocycles. The minimum Gasteiger partial charge on any atom is -0.332 e. The Labute approximate surface area is 155 Å². The van der Waals surface area contributed by atoms with Gasteiger partial charge in [0.1, 0.15) is 0 Å². The van der Waals surface area contributed by atoms with Crippen LogP contribution in [0, 0.1) is 20.8 Å². The highest BCUT2D eigenvalue weighted by atomic mass is 32.2. The van der Waals surface area contributed by atoms with Gasteiger partial charge >= 0.3 is 0 Å². The van der Waals surface area contributed by atoms with Gasteiger partial charge in [-0.1, -0.05) is 18.2 Å². The second-order valence-electron chi connectivity index (χ2n) is 6.09. The maximum absolute atomic E-state index is 12.4. The molecule has 0 saturated carbocycles. The van der Waals surface area contributed by atoms with E-state index in [1.165, 1.54) is 24.0 Å². The van der Waals surface area contributed by atoms with Gasteiger partial charge in [-0.15, -0.1) is 0 Å². The number of hydrogen-bond acceptors (Lipinski definition) is 3. The first-order valence-electron chi connectivity index (χ1n) is 7.80. The third-order valence-corrected chi connectivity index (χ3v) is 6.22. The summed E-state index contributed by atoms with van der Waals surface area (Å²) in [6.45, 7) is 5.83. The largest absolute Gasteiger partial charge is 0.332 e. The molecule has 2 rings (SSSR count). The van der Waals surface area contributed by atoms with Crippen LogP contribution in [0.5, 0.6) is 0 Å². The fourth-order valence-corrected chi connectivity index (χ4v) is 3.70. The van der Waals surface area contributed by atoms with Crippen LogP contribution in [-0.4, -0.2) is 31.9 Å². The van der Waals surface area contributed by atoms with Gasteiger partial charge in [0.05, 0.1) is 4.90 Å². The summed E-state index contributed by atoms with van der Waals surface area (Å²) < 4.78 is 26.0. The van der Waals surface area contributed by atoms with Gasteiger partial charge in [-0.3, -0.25) is 0 Å². The normalized spacial score (nSPS) is 11.4. The van der Waals surface area contributed by atoms with Crippen LogP contribution in [0.3, 0.4) is 0 Å². The van der Waals surface area contributed by atoms with E-state index in [2.05, 4.69) is 10.6 Å². The monoisotopic (exact) mass is 377 g/mol. The molecular weight excluding hydrogens is 354 g/mol. The molecule has 0 bridgehead atoms. The van der Waals surface area contributed by atoms with Gasteiger partial charge in [-0.05, 0) is 67.9 Å². The van der Waals surface area contributed by atoms with E-state index < -0.39 is 10.0 Å². The topological polar surface area (TPSA) is 61.4 Å². The van der Waals surface area contributed by atoms with Crippen molar-refractivity contribution in [3.05, 3.63) is 53.1 Å². The number of rotatable bonds is 4. The van der Waals surface area contributed by atoms with E-state index >= 15 is 0 Å². The lowest BCUT2D eigenvalue weighted by molar-refractivity contribution is 0.520. The van der Waals surface area contributed by atoms with Crippen molar-refractivity contribution in [1.82, 2.24) is 4.31 Å². The summed E-state index contributed by atoms with van der Waals surface area (Å²) in [5.74, 6) is 0. The van der Waals surface area contributed by atoms with Gasteiger partial charge < -0.3 is 10.6 Å². The minimum absolute atomic E-state index is 0.261. The fraction of sp³-hybridized carbons (Fsp3) is 0.278. The Bertz CT molecular complexity index is 907. The summed E-state index contributed by atoms with van der Waals surface area (Å²) in [5, 5.41) is 6.62. The SMILES string of the molecule is Cc1ccc(NC(=S)Nc2cccc(C)c2C)cc1S(=O)(=O)N(C)C. The number of nitrogens with one attached hydrogen (secondary N) is 2. The Morgan fingerprint density at radius 1 is 1.00 bits per heavy atom. The molecule has 7 heteroatoms. The first kappa shape index (κ1) is 19.4. The number of benzene rings is 2. The molecule has 0 aliphatic carbocycles. The zero-order chi connectivity index (χ0) is 18.8. The zero-order valence-corrected chi connectivity index (χ0v) is 16.7. The summed E-state index contributed by atoms with van der Waals surface area (Å²) in [5.41, 5.74) is 4.51. The maximum Gasteiger partial charge on any atom is 0.242 e. The van der Waals surface area contributed by atoms with Gasteiger partial charge in [0, 0.05) is 25.5 Å². The Balaban J connectivity index is 2.23. The maximum atomic E-state index is 12.4. The lowest BCUT2D eigenvalue weighted by Gasteiger charge is -2.17. The van der Waals surface area contributed by atoms with E-state index in [0.717, 1.165) is 11.3 Å². The van der Waals surface area contributed by atoms with E-state index in [0.29, 0.717) is 16.4 Å². The first-order valence-corrected chi connectivity index (χ1v) is 9.65. The first-order chi connectivity index (χ1) is 11.6. The van der Waals surface area contributed by atoms with Crippen LogP contribution in [0.4, 0.5) is 11.4 Å². The van der Waals surface area contributed by atoms with Gasteiger partial charge in [-0.25, -0.2) is 12.7 Å². The molecule has 0 atom stereocenters. The van der Waals surface area contributed by atoms with Gasteiger partial charge in [0.15, 0.2) is 5.11 Å². The number of anilines is 2. The standard InChI is InChI=1S/C18H23N3O2S2/c1-12-7-6-8-16(14(12)3)20-18(24)19-15-10-9-13(2)17(11-15)25(22,23)21(4)5/h6-11H,1-5H3,(H2,19,20,24). The van der Waals surface area contributed by atoms with Crippen LogP contribution in [0.15, 0.2) is 41.3 Å². The van der Waals surface area contributed by atoms with Crippen LogP contribution in [0.25, 0.3) is 0 Å². The van der Waals surface area contributed by atoms with Gasteiger partial charge in [0.25, 0.3) is 0 Å². The molecule has 0 heterocycles. The van der Waals surface area contributed by atoms with E-state index in [9.17, 15) is 8.42 Å². The third kappa shape index (κ3) is 4.36. The Morgan fingerprint density at radius 2 is 1.68 bits per heavy atom. The molecule has 0 unspecified atom stereocenters. The fourth-order valence-electron chi connectivity index (χ4n) is 2.32. The van der Waals surface area contributed by atoms with E-state index in [1.54, 1.807) is 25.1 Å². The molecule has 2 N–H and O–H groups in total. The summed E-state index contributed by atoms with van der Waals surface area (Å²) >= 11 is 5.36. The third-order valence-electron chi connectivity index (χ3n) is 4.06. The number of nitrogens with zero attached hydrogens (tertiary/aromatic N) is 1. The van der Waals surface area contributed by atoms with Crippen LogP contribution >= 0.6 is 12.2 Å². The van der Waals surface area contributed by atoms with Crippen molar-refractivity contribution in [2.24, 2.45) is 0 Å². The second-order valence-corrected chi connectivity index (χ2v) is 8.62. The molecule has 0 amide bonds. The second kappa shape index (κ2) is 7.51. The summed E-state index contributed by atoms with van der Waals surface area (Å²) in [7, 11) is -0.477. The van der Waals surface area contributed by atoms with Crippen molar-refractivity contribution in [2.75, 3.05) is 24.7 Å². The summed E-state index contributed by atoms with van der Waals surface area (Å²) in [4.78, 5) is 0.261. The summed E-state index contributed by atoms with van der Waals surface area (Å²) in [6, 6.07) is 11.1. The van der Waals surface area contributed by atoms with Crippen molar-refractivity contribution in [1.29, 1.82) is 0 Å². The Hall–Kier alpha value is -1.96. The number of sulfonamides is 1. The van der Waals surface area contributed by atoms with Crippen molar-refractivity contribution < 1.29 is 8.42 Å². The Kier molecular flexibility index (Phi) is 5.82. The molecule has 25 heavy (non-hydrogen) atoms. The molecule has 0 aliphatic heterocycles. The average molecular weight is 378 g/mol. The average Bonchev–Trinajstić information content (AvgIpc) is 2.53. The molecule has 0 spiro atoms. The lowest BCUT2D eigenvalue weighted by atomic mass is 10.1. The Morgan fingerprint density at radius 3 is 2.32 bits per heavy atom. The minimum atomic E-state index is -3.51.